The molecule has 0 aliphatic rings. The minimum atomic E-state index is -0.330. The number of methoxy groups -OCH3 is 2. The van der Waals surface area contributed by atoms with E-state index in [9.17, 15) is 9.59 Å². The number of halogens is 2. The minimum absolute atomic E-state index is 0.0705. The van der Waals surface area contributed by atoms with E-state index >= 15 is 0 Å². The van der Waals surface area contributed by atoms with Crippen LogP contribution in [0, 0.1) is 0 Å². The van der Waals surface area contributed by atoms with Crippen molar-refractivity contribution in [1.82, 2.24) is 4.90 Å². The third kappa shape index (κ3) is 6.54. The molecule has 0 atom stereocenters. The van der Waals surface area contributed by atoms with Crippen molar-refractivity contribution < 1.29 is 19.1 Å². The maximum atomic E-state index is 12.8. The average Bonchev–Trinajstić information content (AvgIpc) is 2.69. The molecule has 156 valence electrons. The van der Waals surface area contributed by atoms with Crippen molar-refractivity contribution in [3.8, 4) is 11.5 Å². The summed E-state index contributed by atoms with van der Waals surface area (Å²) >= 11 is 12.0. The molecule has 6 nitrogen and oxygen atoms in total. The molecule has 0 fully saturated rings. The number of benzene rings is 2. The molecule has 0 aliphatic carbocycles. The van der Waals surface area contributed by atoms with Crippen molar-refractivity contribution in [3.05, 3.63) is 52.0 Å². The highest BCUT2D eigenvalue weighted by Crippen LogP contribution is 2.28. The van der Waals surface area contributed by atoms with Gasteiger partial charge in [0.15, 0.2) is 11.5 Å². The van der Waals surface area contributed by atoms with Gasteiger partial charge in [0.2, 0.25) is 11.8 Å². The lowest BCUT2D eigenvalue weighted by Gasteiger charge is -2.22. The van der Waals surface area contributed by atoms with Crippen molar-refractivity contribution in [1.29, 1.82) is 0 Å². The molecular weight excluding hydrogens is 415 g/mol. The first-order valence-electron chi connectivity index (χ1n) is 9.11. The quantitative estimate of drug-likeness (QED) is 0.628. The zero-order valence-corrected chi connectivity index (χ0v) is 18.1. The van der Waals surface area contributed by atoms with E-state index in [0.29, 0.717) is 33.8 Å². The molecule has 0 aliphatic heterocycles. The molecule has 0 radical (unpaired) electrons. The second kappa shape index (κ2) is 10.9. The Labute approximate surface area is 180 Å². The second-order valence-corrected chi connectivity index (χ2v) is 7.20. The van der Waals surface area contributed by atoms with Gasteiger partial charge in [-0.1, -0.05) is 36.2 Å². The SMILES string of the molecule is CCCN(CC(=O)Nc1ccc(Cl)cc1Cl)C(=O)Cc1ccc(OC)c(OC)c1. The molecule has 0 saturated heterocycles. The number of nitrogens with one attached hydrogen (secondary N) is 1. The number of carbonyl (C=O) groups excluding carboxylic acids is 2. The first-order chi connectivity index (χ1) is 13.9. The fourth-order valence-electron chi connectivity index (χ4n) is 2.79. The number of rotatable bonds is 9. The lowest BCUT2D eigenvalue weighted by molar-refractivity contribution is -0.134. The summed E-state index contributed by atoms with van der Waals surface area (Å²) in [6.45, 7) is 2.34. The number of amides is 2. The molecule has 1 N–H and O–H groups in total. The molecule has 0 unspecified atom stereocenters. The second-order valence-electron chi connectivity index (χ2n) is 6.35. The number of hydrogen-bond acceptors (Lipinski definition) is 4. The van der Waals surface area contributed by atoms with Crippen molar-refractivity contribution in [3.63, 3.8) is 0 Å². The van der Waals surface area contributed by atoms with E-state index in [4.69, 9.17) is 32.7 Å². The van der Waals surface area contributed by atoms with Gasteiger partial charge in [0.05, 0.1) is 37.9 Å². The van der Waals surface area contributed by atoms with E-state index in [0.717, 1.165) is 12.0 Å². The van der Waals surface area contributed by atoms with Crippen LogP contribution in [-0.2, 0) is 16.0 Å². The van der Waals surface area contributed by atoms with Crippen LogP contribution in [0.25, 0.3) is 0 Å². The third-order valence-corrected chi connectivity index (χ3v) is 4.74. The third-order valence-electron chi connectivity index (χ3n) is 4.19. The van der Waals surface area contributed by atoms with Crippen LogP contribution in [-0.4, -0.2) is 44.0 Å². The lowest BCUT2D eigenvalue weighted by Crippen LogP contribution is -2.39. The monoisotopic (exact) mass is 438 g/mol. The summed E-state index contributed by atoms with van der Waals surface area (Å²) in [4.78, 5) is 26.8. The highest BCUT2D eigenvalue weighted by molar-refractivity contribution is 6.36. The van der Waals surface area contributed by atoms with Crippen molar-refractivity contribution in [2.45, 2.75) is 19.8 Å². The van der Waals surface area contributed by atoms with Gasteiger partial charge in [-0.25, -0.2) is 0 Å². The molecule has 2 aromatic rings. The van der Waals surface area contributed by atoms with Gasteiger partial charge in [0, 0.05) is 11.6 Å². The minimum Gasteiger partial charge on any atom is -0.493 e. The summed E-state index contributed by atoms with van der Waals surface area (Å²) in [7, 11) is 3.09. The Bertz CT molecular complexity index is 874. The fraction of sp³-hybridized carbons (Fsp3) is 0.333. The zero-order chi connectivity index (χ0) is 21.4. The lowest BCUT2D eigenvalue weighted by atomic mass is 10.1. The van der Waals surface area contributed by atoms with E-state index in [1.807, 2.05) is 6.92 Å². The van der Waals surface area contributed by atoms with Crippen LogP contribution in [0.2, 0.25) is 10.0 Å². The summed E-state index contributed by atoms with van der Waals surface area (Å²) in [5.74, 6) is 0.656. The molecule has 0 aromatic heterocycles. The van der Waals surface area contributed by atoms with Crippen LogP contribution in [0.3, 0.4) is 0 Å². The Balaban J connectivity index is 2.06. The van der Waals surface area contributed by atoms with E-state index in [1.54, 1.807) is 50.6 Å². The fourth-order valence-corrected chi connectivity index (χ4v) is 3.25. The molecule has 2 amide bonds. The maximum Gasteiger partial charge on any atom is 0.244 e. The number of nitrogens with zero attached hydrogens (tertiary/aromatic N) is 1. The van der Waals surface area contributed by atoms with Gasteiger partial charge in [-0.3, -0.25) is 9.59 Å². The van der Waals surface area contributed by atoms with Crippen LogP contribution in [0.1, 0.15) is 18.9 Å². The van der Waals surface area contributed by atoms with Crippen molar-refractivity contribution >= 4 is 40.7 Å². The van der Waals surface area contributed by atoms with Gasteiger partial charge in [0.25, 0.3) is 0 Å². The predicted molar refractivity (Wildman–Crippen MR) is 115 cm³/mol. The van der Waals surface area contributed by atoms with Crippen LogP contribution < -0.4 is 14.8 Å². The van der Waals surface area contributed by atoms with Crippen molar-refractivity contribution in [2.24, 2.45) is 0 Å². The van der Waals surface area contributed by atoms with Crippen LogP contribution in [0.4, 0.5) is 5.69 Å². The first kappa shape index (κ1) is 22.8. The molecule has 0 spiro atoms. The highest BCUT2D eigenvalue weighted by Gasteiger charge is 2.18. The maximum absolute atomic E-state index is 12.8. The molecule has 2 aromatic carbocycles. The number of anilines is 1. The smallest absolute Gasteiger partial charge is 0.244 e. The van der Waals surface area contributed by atoms with E-state index < -0.39 is 0 Å². The summed E-state index contributed by atoms with van der Waals surface area (Å²) in [5.41, 5.74) is 1.22. The van der Waals surface area contributed by atoms with Gasteiger partial charge in [-0.2, -0.15) is 0 Å². The normalized spacial score (nSPS) is 10.4. The standard InChI is InChI=1S/C21H24Cl2N2O4/c1-4-9-25(13-20(26)24-17-7-6-15(22)12-16(17)23)21(27)11-14-5-8-18(28-2)19(10-14)29-3/h5-8,10,12H,4,9,11,13H2,1-3H3,(H,24,26). The number of ether oxygens (including phenoxy) is 2. The molecule has 0 saturated carbocycles. The van der Waals surface area contributed by atoms with Crippen LogP contribution in [0.15, 0.2) is 36.4 Å². The van der Waals surface area contributed by atoms with E-state index in [1.165, 1.54) is 4.90 Å². The Kier molecular flexibility index (Phi) is 8.61. The molecular formula is C21H24Cl2N2O4. The zero-order valence-electron chi connectivity index (χ0n) is 16.6. The van der Waals surface area contributed by atoms with Gasteiger partial charge in [-0.05, 0) is 42.3 Å². The van der Waals surface area contributed by atoms with Gasteiger partial charge < -0.3 is 19.7 Å². The summed E-state index contributed by atoms with van der Waals surface area (Å²) < 4.78 is 10.5. The van der Waals surface area contributed by atoms with Crippen LogP contribution >= 0.6 is 23.2 Å². The first-order valence-corrected chi connectivity index (χ1v) is 9.87. The predicted octanol–water partition coefficient (Wildman–Crippen LogP) is 4.43. The summed E-state index contributed by atoms with van der Waals surface area (Å²) in [6.07, 6.45) is 0.877. The van der Waals surface area contributed by atoms with Gasteiger partial charge in [0.1, 0.15) is 0 Å². The molecule has 0 heterocycles. The Morgan fingerprint density at radius 1 is 1.03 bits per heavy atom. The summed E-state index contributed by atoms with van der Waals surface area (Å²) in [6, 6.07) is 10.1. The Hall–Kier alpha value is -2.44. The topological polar surface area (TPSA) is 67.9 Å². The average molecular weight is 439 g/mol. The number of hydrogen-bond donors (Lipinski definition) is 1. The highest BCUT2D eigenvalue weighted by atomic mass is 35.5. The Morgan fingerprint density at radius 3 is 2.38 bits per heavy atom. The molecule has 2 rings (SSSR count). The van der Waals surface area contributed by atoms with Crippen molar-refractivity contribution in [2.75, 3.05) is 32.6 Å². The van der Waals surface area contributed by atoms with Crippen LogP contribution in [0.5, 0.6) is 11.5 Å². The van der Waals surface area contributed by atoms with Gasteiger partial charge >= 0.3 is 0 Å². The van der Waals surface area contributed by atoms with E-state index in [2.05, 4.69) is 5.32 Å². The van der Waals surface area contributed by atoms with Gasteiger partial charge in [-0.15, -0.1) is 0 Å². The largest absolute Gasteiger partial charge is 0.493 e. The summed E-state index contributed by atoms with van der Waals surface area (Å²) in [5, 5.41) is 3.53. The van der Waals surface area contributed by atoms with E-state index in [-0.39, 0.29) is 24.8 Å². The number of carbonyl (C=O) groups is 2. The molecule has 29 heavy (non-hydrogen) atoms. The molecule has 8 heteroatoms. The molecule has 0 bridgehead atoms. The Morgan fingerprint density at radius 2 is 1.76 bits per heavy atom.